The normalized spacial score (nSPS) is 13.6. The molecule has 0 unspecified atom stereocenters. The number of aromatic nitrogens is 3. The van der Waals surface area contributed by atoms with Crippen LogP contribution in [0.25, 0.3) is 22.6 Å². The lowest BCUT2D eigenvalue weighted by atomic mass is 10.1. The van der Waals surface area contributed by atoms with Gasteiger partial charge in [0.05, 0.1) is 10.7 Å². The lowest BCUT2D eigenvalue weighted by Crippen LogP contribution is -1.95. The number of thiazole rings is 1. The van der Waals surface area contributed by atoms with Crippen LogP contribution in [0.3, 0.4) is 0 Å². The number of para-hydroxylation sites is 1. The number of rotatable bonds is 6. The largest absolute Gasteiger partial charge is 0.484 e. The molecule has 0 spiro atoms. The molecule has 0 atom stereocenters. The van der Waals surface area contributed by atoms with E-state index in [2.05, 4.69) is 27.7 Å². The van der Waals surface area contributed by atoms with E-state index < -0.39 is 0 Å². The van der Waals surface area contributed by atoms with Crippen molar-refractivity contribution in [2.24, 2.45) is 0 Å². The van der Waals surface area contributed by atoms with Gasteiger partial charge in [-0.15, -0.1) is 11.3 Å². The van der Waals surface area contributed by atoms with Gasteiger partial charge in [0.25, 0.3) is 5.89 Å². The van der Waals surface area contributed by atoms with Gasteiger partial charge in [0.2, 0.25) is 5.82 Å². The van der Waals surface area contributed by atoms with Crippen molar-refractivity contribution in [3.8, 4) is 28.4 Å². The van der Waals surface area contributed by atoms with Crippen LogP contribution in [0, 0.1) is 0 Å². The third kappa shape index (κ3) is 3.61. The molecule has 0 N–H and O–H groups in total. The molecule has 0 bridgehead atoms. The first-order valence-corrected chi connectivity index (χ1v) is 9.80. The molecule has 0 aliphatic heterocycles. The van der Waals surface area contributed by atoms with E-state index in [4.69, 9.17) is 14.2 Å². The predicted molar refractivity (Wildman–Crippen MR) is 104 cm³/mol. The van der Waals surface area contributed by atoms with E-state index in [0.717, 1.165) is 22.6 Å². The zero-order valence-electron chi connectivity index (χ0n) is 14.5. The highest BCUT2D eigenvalue weighted by molar-refractivity contribution is 7.10. The molecule has 2 heterocycles. The fraction of sp³-hybridized carbons (Fsp3) is 0.190. The molecule has 0 saturated heterocycles. The molecule has 0 amide bonds. The number of hydrogen-bond donors (Lipinski definition) is 0. The van der Waals surface area contributed by atoms with Gasteiger partial charge in [-0.1, -0.05) is 41.6 Å². The second-order valence-electron chi connectivity index (χ2n) is 6.54. The highest BCUT2D eigenvalue weighted by Gasteiger charge is 2.26. The van der Waals surface area contributed by atoms with Gasteiger partial charge < -0.3 is 9.26 Å². The summed E-state index contributed by atoms with van der Waals surface area (Å²) in [4.78, 5) is 9.23. The first-order chi connectivity index (χ1) is 13.3. The molecule has 0 radical (unpaired) electrons. The lowest BCUT2D eigenvalue weighted by Gasteiger charge is -2.01. The van der Waals surface area contributed by atoms with Gasteiger partial charge in [0, 0.05) is 22.4 Å². The minimum Gasteiger partial charge on any atom is -0.484 e. The third-order valence-electron chi connectivity index (χ3n) is 4.44. The molecule has 1 saturated carbocycles. The Balaban J connectivity index is 1.33. The second-order valence-corrected chi connectivity index (χ2v) is 7.43. The van der Waals surface area contributed by atoms with E-state index in [0.29, 0.717) is 17.6 Å². The summed E-state index contributed by atoms with van der Waals surface area (Å²) in [6.07, 6.45) is 2.54. The lowest BCUT2D eigenvalue weighted by molar-refractivity contribution is 0.243. The molecular weight excluding hydrogens is 358 g/mol. The van der Waals surface area contributed by atoms with Crippen LogP contribution in [0.15, 0.2) is 64.5 Å². The Labute approximate surface area is 160 Å². The summed E-state index contributed by atoms with van der Waals surface area (Å²) in [7, 11) is 0. The van der Waals surface area contributed by atoms with E-state index in [-0.39, 0.29) is 6.61 Å². The van der Waals surface area contributed by atoms with E-state index in [1.807, 2.05) is 42.5 Å². The van der Waals surface area contributed by atoms with Crippen molar-refractivity contribution in [2.75, 3.05) is 0 Å². The van der Waals surface area contributed by atoms with E-state index in [9.17, 15) is 0 Å². The van der Waals surface area contributed by atoms with Crippen molar-refractivity contribution in [1.82, 2.24) is 15.1 Å². The molecule has 5 rings (SSSR count). The van der Waals surface area contributed by atoms with Gasteiger partial charge >= 0.3 is 0 Å². The average molecular weight is 375 g/mol. The first-order valence-electron chi connectivity index (χ1n) is 8.92. The first kappa shape index (κ1) is 16.2. The van der Waals surface area contributed by atoms with Crippen LogP contribution in [0.1, 0.15) is 29.7 Å². The number of nitrogens with zero attached hydrogens (tertiary/aromatic N) is 3. The maximum atomic E-state index is 5.66. The smallest absolute Gasteiger partial charge is 0.264 e. The molecular formula is C21H17N3O2S. The fourth-order valence-corrected chi connectivity index (χ4v) is 3.85. The molecule has 1 aliphatic carbocycles. The Kier molecular flexibility index (Phi) is 4.18. The molecule has 2 aromatic carbocycles. The van der Waals surface area contributed by atoms with E-state index in [1.54, 1.807) is 11.3 Å². The summed E-state index contributed by atoms with van der Waals surface area (Å²) < 4.78 is 11.0. The summed E-state index contributed by atoms with van der Waals surface area (Å²) in [6.45, 7) is 0.244. The monoisotopic (exact) mass is 375 g/mol. The van der Waals surface area contributed by atoms with Crippen molar-refractivity contribution in [2.45, 2.75) is 25.4 Å². The molecule has 6 heteroatoms. The number of benzene rings is 2. The van der Waals surface area contributed by atoms with Crippen LogP contribution < -0.4 is 4.74 Å². The van der Waals surface area contributed by atoms with Gasteiger partial charge in [-0.3, -0.25) is 0 Å². The molecule has 27 heavy (non-hydrogen) atoms. The van der Waals surface area contributed by atoms with Gasteiger partial charge in [-0.25, -0.2) is 4.98 Å². The Morgan fingerprint density at radius 1 is 1.00 bits per heavy atom. The zero-order chi connectivity index (χ0) is 18.1. The van der Waals surface area contributed by atoms with Crippen LogP contribution in [0.4, 0.5) is 0 Å². The molecule has 2 aromatic heterocycles. The maximum absolute atomic E-state index is 5.66. The predicted octanol–water partition coefficient (Wildman–Crippen LogP) is 5.32. The average Bonchev–Trinajstić information content (AvgIpc) is 3.26. The van der Waals surface area contributed by atoms with Crippen LogP contribution in [0.2, 0.25) is 0 Å². The van der Waals surface area contributed by atoms with Crippen molar-refractivity contribution in [3.63, 3.8) is 0 Å². The minimum atomic E-state index is 0.244. The molecule has 4 aromatic rings. The maximum Gasteiger partial charge on any atom is 0.264 e. The second kappa shape index (κ2) is 6.96. The summed E-state index contributed by atoms with van der Waals surface area (Å²) in [6, 6.07) is 17.7. The van der Waals surface area contributed by atoms with Crippen LogP contribution in [0.5, 0.6) is 5.75 Å². The van der Waals surface area contributed by atoms with Crippen molar-refractivity contribution in [1.29, 1.82) is 0 Å². The quantitative estimate of drug-likeness (QED) is 0.457. The Morgan fingerprint density at radius 2 is 1.85 bits per heavy atom. The summed E-state index contributed by atoms with van der Waals surface area (Å²) in [5.74, 6) is 2.45. The molecule has 1 aliphatic rings. The van der Waals surface area contributed by atoms with Gasteiger partial charge in [-0.2, -0.15) is 4.98 Å². The Hall–Kier alpha value is -2.99. The number of ether oxygens (including phenoxy) is 1. The van der Waals surface area contributed by atoms with Gasteiger partial charge in [0.1, 0.15) is 5.75 Å². The van der Waals surface area contributed by atoms with Crippen LogP contribution >= 0.6 is 11.3 Å². The Bertz CT molecular complexity index is 1050. The van der Waals surface area contributed by atoms with Crippen LogP contribution in [-0.2, 0) is 6.61 Å². The zero-order valence-corrected chi connectivity index (χ0v) is 15.4. The summed E-state index contributed by atoms with van der Waals surface area (Å²) in [5.41, 5.74) is 2.99. The van der Waals surface area contributed by atoms with Crippen molar-refractivity contribution in [3.05, 3.63) is 70.9 Å². The SMILES string of the molecule is c1ccc(OCc2nc(-c3cccc(-c4csc(C5CC5)n4)c3)no2)cc1. The van der Waals surface area contributed by atoms with E-state index in [1.165, 1.54) is 17.8 Å². The van der Waals surface area contributed by atoms with Crippen molar-refractivity contribution >= 4 is 11.3 Å². The van der Waals surface area contributed by atoms with Crippen molar-refractivity contribution < 1.29 is 9.26 Å². The molecule has 5 nitrogen and oxygen atoms in total. The molecule has 134 valence electrons. The van der Waals surface area contributed by atoms with E-state index >= 15 is 0 Å². The Morgan fingerprint density at radius 3 is 2.70 bits per heavy atom. The topological polar surface area (TPSA) is 61.0 Å². The highest BCUT2D eigenvalue weighted by atomic mass is 32.1. The standard InChI is InChI=1S/C21H17N3O2S/c1-2-7-17(8-3-1)25-12-19-23-20(24-26-19)16-6-4-5-15(11-16)18-13-27-21(22-18)14-9-10-14/h1-8,11,13-14H,9-10,12H2. The summed E-state index contributed by atoms with van der Waals surface area (Å²) in [5, 5.41) is 7.47. The molecule has 1 fully saturated rings. The fourth-order valence-electron chi connectivity index (χ4n) is 2.85. The van der Waals surface area contributed by atoms with Gasteiger partial charge in [-0.05, 0) is 31.0 Å². The van der Waals surface area contributed by atoms with Crippen LogP contribution in [-0.4, -0.2) is 15.1 Å². The van der Waals surface area contributed by atoms with Gasteiger partial charge in [0.15, 0.2) is 6.61 Å². The third-order valence-corrected chi connectivity index (χ3v) is 5.45. The summed E-state index contributed by atoms with van der Waals surface area (Å²) >= 11 is 1.75. The minimum absolute atomic E-state index is 0.244. The highest BCUT2D eigenvalue weighted by Crippen LogP contribution is 2.42. The number of hydrogen-bond acceptors (Lipinski definition) is 6.